The Morgan fingerprint density at radius 2 is 2.14 bits per heavy atom. The minimum atomic E-state index is -0.578. The first kappa shape index (κ1) is 16.5. The highest BCUT2D eigenvalue weighted by atomic mass is 16.5. The molecule has 120 valence electrons. The molecular weight excluding hydrogens is 282 g/mol. The molecule has 0 radical (unpaired) electrons. The lowest BCUT2D eigenvalue weighted by atomic mass is 10.3. The highest BCUT2D eigenvalue weighted by Gasteiger charge is 2.15. The Bertz CT molecular complexity index is 547. The van der Waals surface area contributed by atoms with Gasteiger partial charge in [0.15, 0.2) is 0 Å². The van der Waals surface area contributed by atoms with Crippen molar-refractivity contribution in [3.05, 3.63) is 60.5 Å². The highest BCUT2D eigenvalue weighted by molar-refractivity contribution is 5.06. The smallest absolute Gasteiger partial charge is 0.118 e. The molecule has 0 aliphatic heterocycles. The summed E-state index contributed by atoms with van der Waals surface area (Å²) in [6, 6.07) is 7.66. The number of hydrogen-bond donors (Lipinski definition) is 1. The number of aliphatic hydroxyl groups is 1. The number of aryl methyl sites for hydroxylation is 1. The molecule has 2 aromatic rings. The maximum atomic E-state index is 10.1. The summed E-state index contributed by atoms with van der Waals surface area (Å²) in [6.45, 7) is 7.89. The van der Waals surface area contributed by atoms with Gasteiger partial charge in [0.1, 0.15) is 17.3 Å². The van der Waals surface area contributed by atoms with Gasteiger partial charge in [-0.1, -0.05) is 6.08 Å². The normalized spacial score (nSPS) is 12.7. The fourth-order valence-electron chi connectivity index (χ4n) is 2.24. The fourth-order valence-corrected chi connectivity index (χ4v) is 2.24. The van der Waals surface area contributed by atoms with Gasteiger partial charge in [0.2, 0.25) is 0 Å². The molecule has 0 aliphatic carbocycles. The summed E-state index contributed by atoms with van der Waals surface area (Å²) in [5, 5.41) is 10.1. The van der Waals surface area contributed by atoms with E-state index in [1.807, 2.05) is 31.2 Å². The zero-order chi connectivity index (χ0) is 15.8. The average molecular weight is 305 g/mol. The van der Waals surface area contributed by atoms with Crippen LogP contribution in [0.5, 0.6) is 0 Å². The Kier molecular flexibility index (Phi) is 6.45. The summed E-state index contributed by atoms with van der Waals surface area (Å²) < 4.78 is 16.3. The maximum Gasteiger partial charge on any atom is 0.118 e. The Morgan fingerprint density at radius 1 is 1.32 bits per heavy atom. The van der Waals surface area contributed by atoms with Gasteiger partial charge in [0, 0.05) is 6.54 Å². The topological polar surface area (TPSA) is 59.0 Å². The van der Waals surface area contributed by atoms with E-state index in [4.69, 9.17) is 13.6 Å². The molecule has 0 amide bonds. The van der Waals surface area contributed by atoms with Crippen molar-refractivity contribution in [3.63, 3.8) is 0 Å². The van der Waals surface area contributed by atoms with E-state index in [1.54, 1.807) is 12.3 Å². The lowest BCUT2D eigenvalue weighted by molar-refractivity contribution is 0.0202. The van der Waals surface area contributed by atoms with Crippen LogP contribution in [0, 0.1) is 6.92 Å². The van der Waals surface area contributed by atoms with Crippen molar-refractivity contribution in [2.75, 3.05) is 19.8 Å². The number of ether oxygens (including phenoxy) is 1. The lowest BCUT2D eigenvalue weighted by Gasteiger charge is -2.23. The molecule has 0 fully saturated rings. The molecule has 5 heteroatoms. The maximum absolute atomic E-state index is 10.1. The first-order valence-corrected chi connectivity index (χ1v) is 7.34. The van der Waals surface area contributed by atoms with Crippen LogP contribution >= 0.6 is 0 Å². The molecule has 0 aromatic carbocycles. The van der Waals surface area contributed by atoms with Gasteiger partial charge in [0.05, 0.1) is 38.7 Å². The third-order valence-corrected chi connectivity index (χ3v) is 3.15. The molecule has 1 atom stereocenters. The van der Waals surface area contributed by atoms with E-state index in [0.717, 1.165) is 17.3 Å². The molecular formula is C17H23NO4. The van der Waals surface area contributed by atoms with Crippen molar-refractivity contribution in [1.29, 1.82) is 0 Å². The van der Waals surface area contributed by atoms with Crippen molar-refractivity contribution in [2.24, 2.45) is 0 Å². The Hall–Kier alpha value is -1.82. The van der Waals surface area contributed by atoms with Crippen molar-refractivity contribution in [1.82, 2.24) is 4.90 Å². The van der Waals surface area contributed by atoms with Crippen LogP contribution in [0.2, 0.25) is 0 Å². The number of hydrogen-bond acceptors (Lipinski definition) is 5. The minimum absolute atomic E-state index is 0.276. The molecule has 0 bridgehead atoms. The van der Waals surface area contributed by atoms with Crippen LogP contribution in [0.15, 0.2) is 52.0 Å². The van der Waals surface area contributed by atoms with E-state index in [-0.39, 0.29) is 6.61 Å². The van der Waals surface area contributed by atoms with Crippen LogP contribution in [0.4, 0.5) is 0 Å². The van der Waals surface area contributed by atoms with Gasteiger partial charge in [-0.15, -0.1) is 6.58 Å². The Balaban J connectivity index is 1.93. The molecule has 1 N–H and O–H groups in total. The van der Waals surface area contributed by atoms with Gasteiger partial charge in [-0.25, -0.2) is 0 Å². The van der Waals surface area contributed by atoms with Gasteiger partial charge >= 0.3 is 0 Å². The second-order valence-corrected chi connectivity index (χ2v) is 5.24. The molecule has 5 nitrogen and oxygen atoms in total. The monoisotopic (exact) mass is 305 g/mol. The lowest BCUT2D eigenvalue weighted by Crippen LogP contribution is -2.34. The molecule has 0 spiro atoms. The second kappa shape index (κ2) is 8.58. The van der Waals surface area contributed by atoms with E-state index in [9.17, 15) is 5.11 Å². The predicted molar refractivity (Wildman–Crippen MR) is 83.3 cm³/mol. The van der Waals surface area contributed by atoms with Gasteiger partial charge < -0.3 is 18.7 Å². The third-order valence-electron chi connectivity index (χ3n) is 3.15. The van der Waals surface area contributed by atoms with Gasteiger partial charge in [0.25, 0.3) is 0 Å². The summed E-state index contributed by atoms with van der Waals surface area (Å²) >= 11 is 0. The SMILES string of the molecule is C=CCOC[C@@H](O)CN(Cc1ccco1)Cc1ccc(C)o1. The molecule has 0 aliphatic rings. The zero-order valence-corrected chi connectivity index (χ0v) is 12.9. The van der Waals surface area contributed by atoms with Gasteiger partial charge in [-0.3, -0.25) is 4.90 Å². The van der Waals surface area contributed by atoms with Crippen molar-refractivity contribution in [2.45, 2.75) is 26.1 Å². The van der Waals surface area contributed by atoms with E-state index < -0.39 is 6.10 Å². The molecule has 0 saturated heterocycles. The van der Waals surface area contributed by atoms with E-state index in [2.05, 4.69) is 11.5 Å². The zero-order valence-electron chi connectivity index (χ0n) is 12.9. The summed E-state index contributed by atoms with van der Waals surface area (Å²) in [5.74, 6) is 2.59. The summed E-state index contributed by atoms with van der Waals surface area (Å²) in [4.78, 5) is 2.07. The third kappa shape index (κ3) is 5.52. The summed E-state index contributed by atoms with van der Waals surface area (Å²) in [6.07, 6.45) is 2.73. The number of furan rings is 2. The van der Waals surface area contributed by atoms with Gasteiger partial charge in [-0.2, -0.15) is 0 Å². The van der Waals surface area contributed by atoms with Crippen LogP contribution in [0.1, 0.15) is 17.3 Å². The highest BCUT2D eigenvalue weighted by Crippen LogP contribution is 2.13. The van der Waals surface area contributed by atoms with Crippen molar-refractivity contribution < 1.29 is 18.7 Å². The first-order valence-electron chi connectivity index (χ1n) is 7.34. The van der Waals surface area contributed by atoms with Crippen LogP contribution in [0.3, 0.4) is 0 Å². The molecule has 0 unspecified atom stereocenters. The Labute approximate surface area is 130 Å². The van der Waals surface area contributed by atoms with Crippen molar-refractivity contribution >= 4 is 0 Å². The van der Waals surface area contributed by atoms with E-state index >= 15 is 0 Å². The number of nitrogens with zero attached hydrogens (tertiary/aromatic N) is 1. The predicted octanol–water partition coefficient (Wildman–Crippen LogP) is 2.75. The number of aliphatic hydroxyl groups excluding tert-OH is 1. The fraction of sp³-hybridized carbons (Fsp3) is 0.412. The standard InChI is InChI=1S/C17H23NO4/c1-3-8-20-13-15(19)10-18(11-16-5-4-9-21-16)12-17-7-6-14(2)22-17/h3-7,9,15,19H,1,8,10-13H2,2H3/t15-/m0/s1. The Morgan fingerprint density at radius 3 is 2.77 bits per heavy atom. The van der Waals surface area contributed by atoms with Crippen LogP contribution < -0.4 is 0 Å². The minimum Gasteiger partial charge on any atom is -0.468 e. The molecule has 0 saturated carbocycles. The summed E-state index contributed by atoms with van der Waals surface area (Å²) in [7, 11) is 0. The van der Waals surface area contributed by atoms with Crippen LogP contribution in [-0.4, -0.2) is 35.9 Å². The second-order valence-electron chi connectivity index (χ2n) is 5.24. The molecule has 2 heterocycles. The van der Waals surface area contributed by atoms with Crippen LogP contribution in [-0.2, 0) is 17.8 Å². The molecule has 22 heavy (non-hydrogen) atoms. The number of rotatable bonds is 10. The quantitative estimate of drug-likeness (QED) is 0.540. The first-order chi connectivity index (χ1) is 10.7. The van der Waals surface area contributed by atoms with E-state index in [1.165, 1.54) is 0 Å². The van der Waals surface area contributed by atoms with Crippen molar-refractivity contribution in [3.8, 4) is 0 Å². The summed E-state index contributed by atoms with van der Waals surface area (Å²) in [5.41, 5.74) is 0. The molecule has 2 rings (SSSR count). The van der Waals surface area contributed by atoms with Gasteiger partial charge in [-0.05, 0) is 31.2 Å². The van der Waals surface area contributed by atoms with E-state index in [0.29, 0.717) is 26.2 Å². The van der Waals surface area contributed by atoms with Crippen LogP contribution in [0.25, 0.3) is 0 Å². The average Bonchev–Trinajstić information content (AvgIpc) is 3.11. The largest absolute Gasteiger partial charge is 0.468 e. The molecule has 2 aromatic heterocycles.